The molecular formula is C5H11N3. The van der Waals surface area contributed by atoms with Crippen molar-refractivity contribution < 1.29 is 0 Å². The van der Waals surface area contributed by atoms with E-state index in [1.807, 2.05) is 0 Å². The minimum absolute atomic E-state index is 0.444. The third-order valence-corrected chi connectivity index (χ3v) is 2.15. The van der Waals surface area contributed by atoms with Crippen molar-refractivity contribution in [3.63, 3.8) is 0 Å². The fourth-order valence-electron chi connectivity index (χ4n) is 1.34. The zero-order chi connectivity index (χ0) is 5.45. The van der Waals surface area contributed by atoms with Crippen molar-refractivity contribution in [3.05, 3.63) is 0 Å². The Balaban J connectivity index is 2.01. The van der Waals surface area contributed by atoms with E-state index in [0.717, 1.165) is 6.54 Å². The molecule has 1 aliphatic carbocycles. The monoisotopic (exact) mass is 113 g/mol. The van der Waals surface area contributed by atoms with Crippen LogP contribution >= 0.6 is 0 Å². The minimum Gasteiger partial charge on any atom is -0.242 e. The van der Waals surface area contributed by atoms with Gasteiger partial charge in [0.2, 0.25) is 0 Å². The second kappa shape index (κ2) is 1.43. The van der Waals surface area contributed by atoms with E-state index in [-0.39, 0.29) is 0 Å². The van der Waals surface area contributed by atoms with Crippen molar-refractivity contribution in [2.75, 3.05) is 6.54 Å². The molecule has 0 bridgehead atoms. The van der Waals surface area contributed by atoms with Crippen LogP contribution in [-0.4, -0.2) is 12.1 Å². The summed E-state index contributed by atoms with van der Waals surface area (Å²) < 4.78 is 0. The Morgan fingerprint density at radius 3 is 2.38 bits per heavy atom. The van der Waals surface area contributed by atoms with Crippen molar-refractivity contribution in [1.29, 1.82) is 0 Å². The van der Waals surface area contributed by atoms with E-state index >= 15 is 0 Å². The highest BCUT2D eigenvalue weighted by Crippen LogP contribution is 2.31. The lowest BCUT2D eigenvalue weighted by atomic mass is 9.78. The van der Waals surface area contributed by atoms with Crippen LogP contribution < -0.4 is 16.4 Å². The van der Waals surface area contributed by atoms with Crippen LogP contribution in [0.3, 0.4) is 0 Å². The summed E-state index contributed by atoms with van der Waals surface area (Å²) in [6.07, 6.45) is 4.04. The van der Waals surface area contributed by atoms with Crippen molar-refractivity contribution in [2.24, 2.45) is 0 Å². The normalized spacial score (nSPS) is 33.0. The van der Waals surface area contributed by atoms with Crippen LogP contribution in [0.15, 0.2) is 0 Å². The lowest BCUT2D eigenvalue weighted by molar-refractivity contribution is 0.221. The van der Waals surface area contributed by atoms with E-state index in [0.29, 0.717) is 5.54 Å². The topological polar surface area (TPSA) is 36.1 Å². The Morgan fingerprint density at radius 1 is 1.25 bits per heavy atom. The van der Waals surface area contributed by atoms with Gasteiger partial charge in [0.25, 0.3) is 0 Å². The number of hydrazine groups is 2. The number of rotatable bonds is 0. The van der Waals surface area contributed by atoms with Gasteiger partial charge in [0.15, 0.2) is 0 Å². The zero-order valence-electron chi connectivity index (χ0n) is 4.83. The van der Waals surface area contributed by atoms with Crippen molar-refractivity contribution in [2.45, 2.75) is 24.8 Å². The average molecular weight is 113 g/mol. The van der Waals surface area contributed by atoms with Crippen LogP contribution in [0.25, 0.3) is 0 Å². The molecule has 1 aliphatic heterocycles. The van der Waals surface area contributed by atoms with Crippen LogP contribution in [-0.2, 0) is 0 Å². The summed E-state index contributed by atoms with van der Waals surface area (Å²) in [6, 6.07) is 0. The molecular weight excluding hydrogens is 102 g/mol. The van der Waals surface area contributed by atoms with Gasteiger partial charge in [0.05, 0.1) is 0 Å². The van der Waals surface area contributed by atoms with E-state index < -0.39 is 0 Å². The second-order valence-corrected chi connectivity index (χ2v) is 2.74. The molecule has 1 saturated carbocycles. The van der Waals surface area contributed by atoms with Gasteiger partial charge >= 0.3 is 0 Å². The molecule has 3 nitrogen and oxygen atoms in total. The maximum atomic E-state index is 3.21. The maximum Gasteiger partial charge on any atom is 0.0475 e. The molecule has 1 saturated heterocycles. The molecule has 2 fully saturated rings. The minimum atomic E-state index is 0.444. The van der Waals surface area contributed by atoms with Crippen LogP contribution in [0, 0.1) is 0 Å². The molecule has 1 heterocycles. The highest BCUT2D eigenvalue weighted by atomic mass is 15.7. The summed E-state index contributed by atoms with van der Waals surface area (Å²) >= 11 is 0. The van der Waals surface area contributed by atoms with Crippen LogP contribution in [0.4, 0.5) is 0 Å². The molecule has 2 aliphatic rings. The summed E-state index contributed by atoms with van der Waals surface area (Å²) in [5, 5.41) is 0. The van der Waals surface area contributed by atoms with Crippen LogP contribution in [0.5, 0.6) is 0 Å². The van der Waals surface area contributed by atoms with Crippen LogP contribution in [0.2, 0.25) is 0 Å². The Morgan fingerprint density at radius 2 is 2.12 bits per heavy atom. The first-order valence-corrected chi connectivity index (χ1v) is 3.16. The standard InChI is InChI=1S/C5H11N3/c1-2-5(3-1)4-6-8-7-5/h6-8H,1-4H2. The van der Waals surface area contributed by atoms with Crippen molar-refractivity contribution in [1.82, 2.24) is 16.4 Å². The van der Waals surface area contributed by atoms with Gasteiger partial charge in [-0.05, 0) is 19.3 Å². The van der Waals surface area contributed by atoms with Crippen molar-refractivity contribution in [3.8, 4) is 0 Å². The van der Waals surface area contributed by atoms with E-state index in [4.69, 9.17) is 0 Å². The first-order chi connectivity index (χ1) is 3.91. The molecule has 0 amide bonds. The molecule has 46 valence electrons. The summed E-state index contributed by atoms with van der Waals surface area (Å²) in [5.41, 5.74) is 9.62. The van der Waals surface area contributed by atoms with E-state index in [1.54, 1.807) is 0 Å². The maximum absolute atomic E-state index is 3.21. The predicted molar refractivity (Wildman–Crippen MR) is 30.9 cm³/mol. The average Bonchev–Trinajstić information content (AvgIpc) is 2.07. The summed E-state index contributed by atoms with van der Waals surface area (Å²) in [5.74, 6) is 0. The summed E-state index contributed by atoms with van der Waals surface area (Å²) in [6.45, 7) is 1.09. The van der Waals surface area contributed by atoms with Crippen LogP contribution in [0.1, 0.15) is 19.3 Å². The highest BCUT2D eigenvalue weighted by molar-refractivity contribution is 4.98. The Kier molecular flexibility index (Phi) is 0.848. The number of nitrogens with one attached hydrogen (secondary N) is 3. The Labute approximate surface area is 48.8 Å². The highest BCUT2D eigenvalue weighted by Gasteiger charge is 2.39. The molecule has 0 atom stereocenters. The summed E-state index contributed by atoms with van der Waals surface area (Å²) in [4.78, 5) is 0. The third kappa shape index (κ3) is 0.491. The Hall–Kier alpha value is -0.120. The molecule has 0 radical (unpaired) electrons. The van der Waals surface area contributed by atoms with Crippen molar-refractivity contribution >= 4 is 0 Å². The largest absolute Gasteiger partial charge is 0.242 e. The van der Waals surface area contributed by atoms with Gasteiger partial charge in [0.1, 0.15) is 0 Å². The molecule has 3 heteroatoms. The second-order valence-electron chi connectivity index (χ2n) is 2.74. The molecule has 8 heavy (non-hydrogen) atoms. The lowest BCUT2D eigenvalue weighted by Crippen LogP contribution is -2.50. The van der Waals surface area contributed by atoms with Gasteiger partial charge in [-0.2, -0.15) is 5.53 Å². The predicted octanol–water partition coefficient (Wildman–Crippen LogP) is -0.479. The van der Waals surface area contributed by atoms with Gasteiger partial charge in [-0.1, -0.05) is 0 Å². The molecule has 0 unspecified atom stereocenters. The molecule has 2 rings (SSSR count). The molecule has 1 spiro atoms. The Bertz CT molecular complexity index is 89.8. The number of hydrogen-bond acceptors (Lipinski definition) is 3. The van der Waals surface area contributed by atoms with Gasteiger partial charge in [-0.3, -0.25) is 0 Å². The molecule has 3 N–H and O–H groups in total. The van der Waals surface area contributed by atoms with Gasteiger partial charge in [0, 0.05) is 12.1 Å². The zero-order valence-corrected chi connectivity index (χ0v) is 4.83. The van der Waals surface area contributed by atoms with Gasteiger partial charge in [-0.25, -0.2) is 10.9 Å². The first-order valence-electron chi connectivity index (χ1n) is 3.16. The van der Waals surface area contributed by atoms with E-state index in [1.165, 1.54) is 19.3 Å². The molecule has 0 aromatic carbocycles. The SMILES string of the molecule is C1CC2(C1)CNNN2. The van der Waals surface area contributed by atoms with E-state index in [2.05, 4.69) is 16.4 Å². The fourth-order valence-corrected chi connectivity index (χ4v) is 1.34. The molecule has 0 aromatic rings. The first kappa shape index (κ1) is 4.73. The smallest absolute Gasteiger partial charge is 0.0475 e. The summed E-state index contributed by atoms with van der Waals surface area (Å²) in [7, 11) is 0. The van der Waals surface area contributed by atoms with E-state index in [9.17, 15) is 0 Å². The number of hydrogen-bond donors (Lipinski definition) is 3. The molecule has 0 aromatic heterocycles. The third-order valence-electron chi connectivity index (χ3n) is 2.15. The van der Waals surface area contributed by atoms with Gasteiger partial charge < -0.3 is 0 Å². The lowest BCUT2D eigenvalue weighted by Gasteiger charge is -2.36. The van der Waals surface area contributed by atoms with Gasteiger partial charge in [-0.15, -0.1) is 0 Å². The quantitative estimate of drug-likeness (QED) is 0.397. The fraction of sp³-hybridized carbons (Fsp3) is 1.00.